The molecule has 0 unspecified atom stereocenters. The van der Waals surface area contributed by atoms with Crippen molar-refractivity contribution >= 4 is 27.7 Å². The minimum atomic E-state index is -0.694. The van der Waals surface area contributed by atoms with Gasteiger partial charge in [0.1, 0.15) is 6.61 Å². The maximum absolute atomic E-state index is 13.6. The maximum atomic E-state index is 13.6. The Morgan fingerprint density at radius 1 is 1.16 bits per heavy atom. The number of halogens is 2. The van der Waals surface area contributed by atoms with Gasteiger partial charge in [0.15, 0.2) is 5.82 Å². The molecule has 0 bridgehead atoms. The van der Waals surface area contributed by atoms with Gasteiger partial charge in [0.25, 0.3) is 0 Å². The van der Waals surface area contributed by atoms with Crippen LogP contribution in [0.3, 0.4) is 0 Å². The molecule has 3 nitrogen and oxygen atoms in total. The molecule has 0 aliphatic carbocycles. The van der Waals surface area contributed by atoms with Crippen molar-refractivity contribution < 1.29 is 13.9 Å². The first-order valence-corrected chi connectivity index (χ1v) is 6.38. The number of benzene rings is 2. The summed E-state index contributed by atoms with van der Waals surface area (Å²) in [6, 6.07) is 13.9. The second-order valence-corrected chi connectivity index (χ2v) is 4.64. The monoisotopic (exact) mass is 323 g/mol. The molecule has 19 heavy (non-hydrogen) atoms. The van der Waals surface area contributed by atoms with E-state index in [4.69, 9.17) is 4.74 Å². The fourth-order valence-electron chi connectivity index (χ4n) is 1.47. The zero-order valence-electron chi connectivity index (χ0n) is 9.90. The number of nitrogens with one attached hydrogen (secondary N) is 1. The summed E-state index contributed by atoms with van der Waals surface area (Å²) < 4.78 is 18.9. The zero-order chi connectivity index (χ0) is 13.7. The van der Waals surface area contributed by atoms with Crippen molar-refractivity contribution in [2.75, 3.05) is 5.32 Å². The van der Waals surface area contributed by atoms with Crippen molar-refractivity contribution in [3.63, 3.8) is 0 Å². The van der Waals surface area contributed by atoms with E-state index >= 15 is 0 Å². The summed E-state index contributed by atoms with van der Waals surface area (Å²) in [5.41, 5.74) is 0.944. The summed E-state index contributed by atoms with van der Waals surface area (Å²) in [5.74, 6) is -0.529. The molecule has 0 saturated carbocycles. The third-order valence-electron chi connectivity index (χ3n) is 2.40. The smallest absolute Gasteiger partial charge is 0.412 e. The van der Waals surface area contributed by atoms with Gasteiger partial charge >= 0.3 is 6.09 Å². The van der Waals surface area contributed by atoms with Crippen molar-refractivity contribution in [3.05, 3.63) is 64.4 Å². The highest BCUT2D eigenvalue weighted by molar-refractivity contribution is 9.10. The molecule has 0 saturated heterocycles. The number of hydrogen-bond donors (Lipinski definition) is 1. The normalized spacial score (nSPS) is 10.0. The van der Waals surface area contributed by atoms with Gasteiger partial charge in [-0.05, 0) is 33.6 Å². The van der Waals surface area contributed by atoms with Crippen molar-refractivity contribution in [3.8, 4) is 0 Å². The Morgan fingerprint density at radius 3 is 2.63 bits per heavy atom. The Kier molecular flexibility index (Phi) is 4.52. The fourth-order valence-corrected chi connectivity index (χ4v) is 1.84. The zero-order valence-corrected chi connectivity index (χ0v) is 11.5. The van der Waals surface area contributed by atoms with Crippen LogP contribution in [0.2, 0.25) is 0 Å². The molecule has 1 amide bonds. The van der Waals surface area contributed by atoms with Gasteiger partial charge in [-0.2, -0.15) is 0 Å². The summed E-state index contributed by atoms with van der Waals surface area (Å²) in [6.07, 6.45) is -0.694. The second-order valence-electron chi connectivity index (χ2n) is 3.79. The average Bonchev–Trinajstić information content (AvgIpc) is 2.43. The first-order valence-electron chi connectivity index (χ1n) is 5.58. The van der Waals surface area contributed by atoms with E-state index in [2.05, 4.69) is 21.2 Å². The number of amides is 1. The number of hydrogen-bond acceptors (Lipinski definition) is 2. The van der Waals surface area contributed by atoms with E-state index in [1.807, 2.05) is 30.3 Å². The summed E-state index contributed by atoms with van der Waals surface area (Å²) in [4.78, 5) is 11.5. The van der Waals surface area contributed by atoms with E-state index in [0.29, 0.717) is 0 Å². The SMILES string of the molecule is O=C(Nc1cccc(Br)c1F)OCc1ccccc1. The van der Waals surface area contributed by atoms with Gasteiger partial charge in [-0.1, -0.05) is 36.4 Å². The summed E-state index contributed by atoms with van der Waals surface area (Å²) >= 11 is 3.04. The molecule has 0 aliphatic rings. The lowest BCUT2D eigenvalue weighted by atomic mass is 10.2. The topological polar surface area (TPSA) is 38.3 Å². The molecule has 2 rings (SSSR count). The highest BCUT2D eigenvalue weighted by Crippen LogP contribution is 2.22. The minimum absolute atomic E-state index is 0.0763. The molecule has 2 aromatic rings. The van der Waals surface area contributed by atoms with Gasteiger partial charge in [0, 0.05) is 0 Å². The lowest BCUT2D eigenvalue weighted by molar-refractivity contribution is 0.155. The van der Waals surface area contributed by atoms with Crippen LogP contribution >= 0.6 is 15.9 Å². The van der Waals surface area contributed by atoms with Crippen molar-refractivity contribution in [2.45, 2.75) is 6.61 Å². The van der Waals surface area contributed by atoms with Crippen molar-refractivity contribution in [1.82, 2.24) is 0 Å². The van der Waals surface area contributed by atoms with Crippen LogP contribution in [0.4, 0.5) is 14.9 Å². The summed E-state index contributed by atoms with van der Waals surface area (Å²) in [6.45, 7) is 0.141. The predicted octanol–water partition coefficient (Wildman–Crippen LogP) is 4.34. The number of ether oxygens (including phenoxy) is 1. The van der Waals surface area contributed by atoms with Crippen LogP contribution in [0, 0.1) is 5.82 Å². The van der Waals surface area contributed by atoms with E-state index in [0.717, 1.165) is 5.56 Å². The Balaban J connectivity index is 1.93. The van der Waals surface area contributed by atoms with Gasteiger partial charge in [0.05, 0.1) is 10.2 Å². The standard InChI is InChI=1S/C14H11BrFNO2/c15-11-7-4-8-12(13(11)16)17-14(18)19-9-10-5-2-1-3-6-10/h1-8H,9H2,(H,17,18). The van der Waals surface area contributed by atoms with E-state index in [9.17, 15) is 9.18 Å². The Morgan fingerprint density at radius 2 is 1.89 bits per heavy atom. The third kappa shape index (κ3) is 3.79. The Labute approximate surface area is 118 Å². The highest BCUT2D eigenvalue weighted by atomic mass is 79.9. The van der Waals surface area contributed by atoms with Crippen molar-refractivity contribution in [2.24, 2.45) is 0 Å². The van der Waals surface area contributed by atoms with Crippen LogP contribution in [0.15, 0.2) is 53.0 Å². The highest BCUT2D eigenvalue weighted by Gasteiger charge is 2.10. The average molecular weight is 324 g/mol. The first-order chi connectivity index (χ1) is 9.16. The molecule has 0 aromatic heterocycles. The molecule has 1 N–H and O–H groups in total. The van der Waals surface area contributed by atoms with Gasteiger partial charge < -0.3 is 4.74 Å². The van der Waals surface area contributed by atoms with Crippen LogP contribution in [0.25, 0.3) is 0 Å². The predicted molar refractivity (Wildman–Crippen MR) is 74.3 cm³/mol. The molecule has 0 fully saturated rings. The van der Waals surface area contributed by atoms with Gasteiger partial charge in [-0.15, -0.1) is 0 Å². The van der Waals surface area contributed by atoms with E-state index in [-0.39, 0.29) is 16.8 Å². The molecule has 0 radical (unpaired) electrons. The van der Waals surface area contributed by atoms with Crippen LogP contribution in [0.1, 0.15) is 5.56 Å². The van der Waals surface area contributed by atoms with E-state index in [1.54, 1.807) is 12.1 Å². The molecule has 5 heteroatoms. The fraction of sp³-hybridized carbons (Fsp3) is 0.0714. The lowest BCUT2D eigenvalue weighted by Crippen LogP contribution is -2.14. The van der Waals surface area contributed by atoms with Crippen LogP contribution in [-0.4, -0.2) is 6.09 Å². The van der Waals surface area contributed by atoms with E-state index < -0.39 is 11.9 Å². The molecular weight excluding hydrogens is 313 g/mol. The number of carbonyl (C=O) groups is 1. The molecule has 0 heterocycles. The van der Waals surface area contributed by atoms with Crippen LogP contribution in [0.5, 0.6) is 0 Å². The molecule has 0 aliphatic heterocycles. The Hall–Kier alpha value is -1.88. The summed E-state index contributed by atoms with van der Waals surface area (Å²) in [5, 5.41) is 2.36. The summed E-state index contributed by atoms with van der Waals surface area (Å²) in [7, 11) is 0. The number of carbonyl (C=O) groups excluding carboxylic acids is 1. The maximum Gasteiger partial charge on any atom is 0.412 e. The molecule has 2 aromatic carbocycles. The molecular formula is C14H11BrFNO2. The first kappa shape index (κ1) is 13.5. The second kappa shape index (κ2) is 6.33. The van der Waals surface area contributed by atoms with Gasteiger partial charge in [0.2, 0.25) is 0 Å². The number of anilines is 1. The minimum Gasteiger partial charge on any atom is -0.444 e. The van der Waals surface area contributed by atoms with Crippen LogP contribution < -0.4 is 5.32 Å². The van der Waals surface area contributed by atoms with Crippen molar-refractivity contribution in [1.29, 1.82) is 0 Å². The largest absolute Gasteiger partial charge is 0.444 e. The van der Waals surface area contributed by atoms with Gasteiger partial charge in [-0.25, -0.2) is 9.18 Å². The molecule has 98 valence electrons. The third-order valence-corrected chi connectivity index (χ3v) is 3.01. The Bertz CT molecular complexity index is 575. The quantitative estimate of drug-likeness (QED) is 0.912. The van der Waals surface area contributed by atoms with Gasteiger partial charge in [-0.3, -0.25) is 5.32 Å². The number of rotatable bonds is 3. The van der Waals surface area contributed by atoms with E-state index in [1.165, 1.54) is 6.07 Å². The lowest BCUT2D eigenvalue weighted by Gasteiger charge is -2.08. The molecule has 0 spiro atoms. The molecule has 0 atom stereocenters. The van der Waals surface area contributed by atoms with Crippen LogP contribution in [-0.2, 0) is 11.3 Å².